The maximum atomic E-state index is 6.67. The molecule has 0 bridgehead atoms. The summed E-state index contributed by atoms with van der Waals surface area (Å²) >= 11 is 0. The third kappa shape index (κ3) is 4.19. The predicted octanol–water partition coefficient (Wildman–Crippen LogP) is 9.04. The molecular formula is C33H28NO4P. The van der Waals surface area contributed by atoms with Crippen molar-refractivity contribution in [2.24, 2.45) is 4.99 Å². The maximum Gasteiger partial charge on any atom is 0.388 e. The topological polar surface area (TPSA) is 57.1 Å². The second kappa shape index (κ2) is 9.30. The molecule has 1 aliphatic heterocycles. The first-order valence-electron chi connectivity index (χ1n) is 13.2. The number of hydrogen-bond donors (Lipinski definition) is 0. The van der Waals surface area contributed by atoms with Gasteiger partial charge in [-0.05, 0) is 66.6 Å². The van der Waals surface area contributed by atoms with E-state index in [2.05, 4.69) is 60.7 Å². The molecule has 0 unspecified atom stereocenters. The highest BCUT2D eigenvalue weighted by molar-refractivity contribution is 7.31. The summed E-state index contributed by atoms with van der Waals surface area (Å²) in [5.74, 6) is 0.633. The molecule has 5 aromatic carbocycles. The van der Waals surface area contributed by atoms with E-state index in [1.165, 1.54) is 0 Å². The Hall–Kier alpha value is -4.05. The standard InChI is InChI=1S/C33H28NO4P/c1-21-31(34-32(35-21)24-13-5-4-6-14-24)33(2,3)38-39-36-27-19-17-22-11-7-9-15-25(22)29(27)30-26-16-10-8-12-23(26)18-20-28(30)37-39/h4-21,31H,1-3H3/t21-,31+/m1/s1. The van der Waals surface area contributed by atoms with E-state index >= 15 is 0 Å². The summed E-state index contributed by atoms with van der Waals surface area (Å²) in [5.41, 5.74) is 1.72. The Labute approximate surface area is 227 Å². The monoisotopic (exact) mass is 533 g/mol. The van der Waals surface area contributed by atoms with E-state index in [0.29, 0.717) is 5.90 Å². The van der Waals surface area contributed by atoms with Gasteiger partial charge in [0.1, 0.15) is 28.9 Å². The molecule has 0 radical (unpaired) electrons. The van der Waals surface area contributed by atoms with Crippen LogP contribution in [0.5, 0.6) is 0 Å². The van der Waals surface area contributed by atoms with Crippen molar-refractivity contribution in [3.05, 3.63) is 109 Å². The Kier molecular flexibility index (Phi) is 5.73. The molecule has 2 heterocycles. The first-order chi connectivity index (χ1) is 19.0. The van der Waals surface area contributed by atoms with Crippen LogP contribution in [0.2, 0.25) is 0 Å². The fraction of sp³-hybridized carbons (Fsp3) is 0.182. The fourth-order valence-electron chi connectivity index (χ4n) is 5.58. The van der Waals surface area contributed by atoms with E-state index in [9.17, 15) is 0 Å². The molecule has 7 rings (SSSR count). The third-order valence-electron chi connectivity index (χ3n) is 7.42. The lowest BCUT2D eigenvalue weighted by Gasteiger charge is -2.29. The van der Waals surface area contributed by atoms with Gasteiger partial charge >= 0.3 is 8.24 Å². The van der Waals surface area contributed by atoms with Gasteiger partial charge in [-0.1, -0.05) is 78.9 Å². The lowest BCUT2D eigenvalue weighted by atomic mass is 9.96. The average molecular weight is 534 g/mol. The van der Waals surface area contributed by atoms with Gasteiger partial charge in [-0.25, -0.2) is 4.99 Å². The highest BCUT2D eigenvalue weighted by Gasteiger charge is 2.42. The molecule has 1 aliphatic rings. The number of hydrogen-bond acceptors (Lipinski definition) is 5. The van der Waals surface area contributed by atoms with Crippen LogP contribution in [0.1, 0.15) is 26.3 Å². The third-order valence-corrected chi connectivity index (χ3v) is 8.73. The smallest absolute Gasteiger partial charge is 0.388 e. The minimum Gasteiger partial charge on any atom is -0.472 e. The van der Waals surface area contributed by atoms with Gasteiger partial charge in [-0.2, -0.15) is 0 Å². The van der Waals surface area contributed by atoms with Crippen molar-refractivity contribution in [2.45, 2.75) is 38.5 Å². The largest absolute Gasteiger partial charge is 0.472 e. The molecule has 1 aromatic heterocycles. The summed E-state index contributed by atoms with van der Waals surface area (Å²) in [7, 11) is -1.80. The van der Waals surface area contributed by atoms with E-state index < -0.39 is 13.8 Å². The summed E-state index contributed by atoms with van der Waals surface area (Å²) in [6.45, 7) is 6.08. The molecule has 0 saturated carbocycles. The van der Waals surface area contributed by atoms with Crippen molar-refractivity contribution in [1.29, 1.82) is 0 Å². The zero-order chi connectivity index (χ0) is 26.6. The molecule has 0 spiro atoms. The van der Waals surface area contributed by atoms with Crippen molar-refractivity contribution in [3.8, 4) is 0 Å². The number of nitrogens with zero attached hydrogens (tertiary/aromatic N) is 1. The van der Waals surface area contributed by atoms with Crippen molar-refractivity contribution >= 4 is 57.6 Å². The van der Waals surface area contributed by atoms with Gasteiger partial charge in [-0.15, -0.1) is 0 Å². The predicted molar refractivity (Wildman–Crippen MR) is 159 cm³/mol. The molecule has 2 atom stereocenters. The second-order valence-electron chi connectivity index (χ2n) is 10.5. The van der Waals surface area contributed by atoms with Crippen LogP contribution >= 0.6 is 8.24 Å². The number of benzene rings is 5. The normalized spacial score (nSPS) is 17.6. The molecule has 0 fully saturated rings. The number of ether oxygens (including phenoxy) is 1. The van der Waals surface area contributed by atoms with Crippen molar-refractivity contribution < 1.29 is 17.7 Å². The number of fused-ring (bicyclic) bond motifs is 7. The van der Waals surface area contributed by atoms with Gasteiger partial charge in [-0.3, -0.25) is 4.52 Å². The fourth-order valence-corrected chi connectivity index (χ4v) is 6.81. The highest BCUT2D eigenvalue weighted by atomic mass is 31.1. The van der Waals surface area contributed by atoms with Crippen molar-refractivity contribution in [2.75, 3.05) is 0 Å². The van der Waals surface area contributed by atoms with Crippen molar-refractivity contribution in [1.82, 2.24) is 0 Å². The number of rotatable bonds is 4. The maximum absolute atomic E-state index is 6.67. The summed E-state index contributed by atoms with van der Waals surface area (Å²) in [5, 5.41) is 6.56. The van der Waals surface area contributed by atoms with Gasteiger partial charge in [0.25, 0.3) is 0 Å². The molecule has 0 aliphatic carbocycles. The SMILES string of the molecule is C[C@H]1OC(c2ccccc2)=N[C@@H]1C(C)(C)Op1oc2ccc3ccccc3c2c2c(ccc3ccccc32)o1. The minimum atomic E-state index is -1.80. The lowest BCUT2D eigenvalue weighted by molar-refractivity contribution is 0.0759. The molecule has 0 saturated heterocycles. The Morgan fingerprint density at radius 1 is 0.692 bits per heavy atom. The molecule has 5 nitrogen and oxygen atoms in total. The molecule has 194 valence electrons. The Balaban J connectivity index is 1.42. The summed E-state index contributed by atoms with van der Waals surface area (Å²) < 4.78 is 26.0. The van der Waals surface area contributed by atoms with Crippen molar-refractivity contribution in [3.63, 3.8) is 0 Å². The zero-order valence-electron chi connectivity index (χ0n) is 22.0. The molecule has 6 heteroatoms. The van der Waals surface area contributed by atoms with Crippen LogP contribution in [-0.4, -0.2) is 23.6 Å². The zero-order valence-corrected chi connectivity index (χ0v) is 22.9. The van der Waals surface area contributed by atoms with E-state index in [1.807, 2.05) is 63.2 Å². The Bertz CT molecular complexity index is 1830. The van der Waals surface area contributed by atoms with E-state index in [-0.39, 0.29) is 12.1 Å². The van der Waals surface area contributed by atoms with Crippen LogP contribution in [0.3, 0.4) is 0 Å². The van der Waals surface area contributed by atoms with Gasteiger partial charge in [0.05, 0.1) is 0 Å². The average Bonchev–Trinajstić information content (AvgIpc) is 3.28. The molecular weight excluding hydrogens is 505 g/mol. The van der Waals surface area contributed by atoms with Crippen LogP contribution in [0, 0.1) is 0 Å². The van der Waals surface area contributed by atoms with Gasteiger partial charge in [0, 0.05) is 16.3 Å². The Morgan fingerprint density at radius 2 is 1.23 bits per heavy atom. The van der Waals surface area contributed by atoms with Crippen LogP contribution in [-0.2, 0) is 4.74 Å². The summed E-state index contributed by atoms with van der Waals surface area (Å²) in [6.07, 6.45) is -0.162. The van der Waals surface area contributed by atoms with Crippen LogP contribution in [0.15, 0.2) is 117 Å². The molecule has 0 N–H and O–H groups in total. The molecule has 0 amide bonds. The van der Waals surface area contributed by atoms with Gasteiger partial charge in [0.2, 0.25) is 5.90 Å². The summed E-state index contributed by atoms with van der Waals surface area (Å²) in [4.78, 5) is 4.94. The first-order valence-corrected chi connectivity index (χ1v) is 14.3. The highest BCUT2D eigenvalue weighted by Crippen LogP contribution is 2.42. The minimum absolute atomic E-state index is 0.162. The van der Waals surface area contributed by atoms with Crippen LogP contribution in [0.4, 0.5) is 0 Å². The van der Waals surface area contributed by atoms with E-state index in [1.54, 1.807) is 0 Å². The Morgan fingerprint density at radius 3 is 1.82 bits per heavy atom. The van der Waals surface area contributed by atoms with E-state index in [0.717, 1.165) is 49.0 Å². The van der Waals surface area contributed by atoms with Crippen LogP contribution < -0.4 is 4.52 Å². The lowest BCUT2D eigenvalue weighted by Crippen LogP contribution is -2.44. The van der Waals surface area contributed by atoms with Gasteiger partial charge < -0.3 is 13.1 Å². The quantitative estimate of drug-likeness (QED) is 0.227. The van der Waals surface area contributed by atoms with E-state index in [4.69, 9.17) is 22.6 Å². The van der Waals surface area contributed by atoms with Gasteiger partial charge in [0.15, 0.2) is 0 Å². The first kappa shape index (κ1) is 24.0. The molecule has 39 heavy (non-hydrogen) atoms. The second-order valence-corrected chi connectivity index (χ2v) is 11.5. The molecule has 6 aromatic rings. The summed E-state index contributed by atoms with van der Waals surface area (Å²) in [6, 6.07) is 34.7. The van der Waals surface area contributed by atoms with Crippen LogP contribution in [0.25, 0.3) is 43.5 Å². The number of aliphatic imine (C=N–C) groups is 1.